The van der Waals surface area contributed by atoms with Crippen LogP contribution in [0.3, 0.4) is 0 Å². The molecule has 2 N–H and O–H groups in total. The minimum Gasteiger partial charge on any atom is -0.388 e. The van der Waals surface area contributed by atoms with Crippen LogP contribution in [-0.4, -0.2) is 28.1 Å². The summed E-state index contributed by atoms with van der Waals surface area (Å²) in [6, 6.07) is 11.5. The molecule has 4 nitrogen and oxygen atoms in total. The number of hydrogen-bond acceptors (Lipinski definition) is 4. The van der Waals surface area contributed by atoms with Gasteiger partial charge in [0.15, 0.2) is 0 Å². The maximum absolute atomic E-state index is 11.9. The average molecular weight is 306 g/mol. The number of aliphatic hydroxyl groups is 1. The number of nitrogens with zero attached hydrogens (tertiary/aromatic N) is 1. The summed E-state index contributed by atoms with van der Waals surface area (Å²) < 4.78 is 0. The van der Waals surface area contributed by atoms with Gasteiger partial charge in [-0.2, -0.15) is 5.26 Å². The van der Waals surface area contributed by atoms with Crippen molar-refractivity contribution in [2.75, 3.05) is 11.5 Å². The number of rotatable bonds is 7. The maximum atomic E-state index is 11.9. The van der Waals surface area contributed by atoms with E-state index in [9.17, 15) is 9.90 Å². The molecule has 0 aromatic heterocycles. The highest BCUT2D eigenvalue weighted by molar-refractivity contribution is 7.99. The largest absolute Gasteiger partial charge is 0.388 e. The Morgan fingerprint density at radius 3 is 2.57 bits per heavy atom. The molecule has 0 heterocycles. The van der Waals surface area contributed by atoms with Crippen molar-refractivity contribution in [2.24, 2.45) is 5.92 Å². The summed E-state index contributed by atoms with van der Waals surface area (Å²) in [5.74, 6) is 0.528. The second kappa shape index (κ2) is 8.06. The molecule has 0 unspecified atom stereocenters. The average Bonchev–Trinajstić information content (AvgIpc) is 2.47. The summed E-state index contributed by atoms with van der Waals surface area (Å²) in [6.45, 7) is 5.52. The molecule has 0 aliphatic rings. The Kier molecular flexibility index (Phi) is 6.73. The number of nitriles is 1. The van der Waals surface area contributed by atoms with Gasteiger partial charge in [0, 0.05) is 5.75 Å². The van der Waals surface area contributed by atoms with Gasteiger partial charge < -0.3 is 10.4 Å². The zero-order chi connectivity index (χ0) is 15.9. The van der Waals surface area contributed by atoms with Crippen LogP contribution in [0.25, 0.3) is 0 Å². The summed E-state index contributed by atoms with van der Waals surface area (Å²) in [7, 11) is 0. The quantitative estimate of drug-likeness (QED) is 0.812. The van der Waals surface area contributed by atoms with E-state index in [0.29, 0.717) is 5.75 Å². The van der Waals surface area contributed by atoms with Crippen molar-refractivity contribution in [3.8, 4) is 6.07 Å². The smallest absolute Gasteiger partial charge is 0.231 e. The number of nitrogens with one attached hydrogen (secondary N) is 1. The molecule has 0 radical (unpaired) electrons. The number of aliphatic hydroxyl groups excluding tert-OH is 1. The zero-order valence-corrected chi connectivity index (χ0v) is 13.5. The predicted molar refractivity (Wildman–Crippen MR) is 85.7 cm³/mol. The van der Waals surface area contributed by atoms with Crippen LogP contribution in [0.15, 0.2) is 30.3 Å². The van der Waals surface area contributed by atoms with E-state index in [1.165, 1.54) is 11.8 Å². The maximum Gasteiger partial charge on any atom is 0.231 e. The first-order valence-corrected chi connectivity index (χ1v) is 8.07. The van der Waals surface area contributed by atoms with Gasteiger partial charge in [-0.15, -0.1) is 11.8 Å². The molecule has 2 atom stereocenters. The lowest BCUT2D eigenvalue weighted by molar-refractivity contribution is -0.120. The summed E-state index contributed by atoms with van der Waals surface area (Å²) in [5.41, 5.74) is -0.00941. The third kappa shape index (κ3) is 5.41. The predicted octanol–water partition coefficient (Wildman–Crippen LogP) is 2.51. The number of carbonyl (C=O) groups is 1. The van der Waals surface area contributed by atoms with Gasteiger partial charge in [0.05, 0.1) is 17.9 Å². The number of thioether (sulfide) groups is 1. The highest BCUT2D eigenvalue weighted by Gasteiger charge is 2.29. The molecular formula is C16H22N2O2S. The molecule has 21 heavy (non-hydrogen) atoms. The molecule has 0 fully saturated rings. The first kappa shape index (κ1) is 17.5. The van der Waals surface area contributed by atoms with E-state index in [0.717, 1.165) is 5.56 Å². The second-order valence-electron chi connectivity index (χ2n) is 5.46. The van der Waals surface area contributed by atoms with Crippen molar-refractivity contribution in [3.05, 3.63) is 35.9 Å². The fraction of sp³-hybridized carbons (Fsp3) is 0.500. The molecule has 5 heteroatoms. The first-order chi connectivity index (χ1) is 9.89. The molecule has 1 aromatic carbocycles. The molecule has 0 bridgehead atoms. The number of benzene rings is 1. The topological polar surface area (TPSA) is 73.1 Å². The zero-order valence-electron chi connectivity index (χ0n) is 12.7. The van der Waals surface area contributed by atoms with Crippen LogP contribution < -0.4 is 5.32 Å². The minimum absolute atomic E-state index is 0.0337. The Balaban J connectivity index is 2.39. The highest BCUT2D eigenvalue weighted by Crippen LogP contribution is 2.19. The summed E-state index contributed by atoms with van der Waals surface area (Å²) >= 11 is 1.36. The molecule has 114 valence electrons. The Hall–Kier alpha value is -1.51. The lowest BCUT2D eigenvalue weighted by Crippen LogP contribution is -2.49. The van der Waals surface area contributed by atoms with Crippen molar-refractivity contribution in [2.45, 2.75) is 32.4 Å². The molecule has 0 aliphatic carbocycles. The van der Waals surface area contributed by atoms with Crippen molar-refractivity contribution >= 4 is 17.7 Å². The molecule has 0 saturated carbocycles. The van der Waals surface area contributed by atoms with Gasteiger partial charge in [0.25, 0.3) is 0 Å². The van der Waals surface area contributed by atoms with Crippen molar-refractivity contribution in [1.82, 2.24) is 5.32 Å². The van der Waals surface area contributed by atoms with E-state index < -0.39 is 11.6 Å². The number of carbonyl (C=O) groups excluding carboxylic acids is 1. The van der Waals surface area contributed by atoms with Gasteiger partial charge in [0.1, 0.15) is 5.54 Å². The van der Waals surface area contributed by atoms with Gasteiger partial charge in [-0.25, -0.2) is 0 Å². The molecule has 1 amide bonds. The van der Waals surface area contributed by atoms with Crippen LogP contribution in [0, 0.1) is 17.2 Å². The van der Waals surface area contributed by atoms with Crippen LogP contribution in [0.2, 0.25) is 0 Å². The van der Waals surface area contributed by atoms with E-state index >= 15 is 0 Å². The summed E-state index contributed by atoms with van der Waals surface area (Å²) in [5, 5.41) is 21.9. The lowest BCUT2D eigenvalue weighted by Gasteiger charge is -2.27. The van der Waals surface area contributed by atoms with E-state index in [-0.39, 0.29) is 17.6 Å². The van der Waals surface area contributed by atoms with Crippen LogP contribution in [0.4, 0.5) is 0 Å². The van der Waals surface area contributed by atoms with Crippen molar-refractivity contribution < 1.29 is 9.90 Å². The van der Waals surface area contributed by atoms with Gasteiger partial charge in [-0.05, 0) is 18.4 Å². The van der Waals surface area contributed by atoms with Gasteiger partial charge in [-0.1, -0.05) is 44.2 Å². The van der Waals surface area contributed by atoms with E-state index in [4.69, 9.17) is 5.26 Å². The molecular weight excluding hydrogens is 284 g/mol. The van der Waals surface area contributed by atoms with E-state index in [1.807, 2.05) is 44.2 Å². The van der Waals surface area contributed by atoms with Gasteiger partial charge in [0.2, 0.25) is 5.91 Å². The number of amides is 1. The first-order valence-electron chi connectivity index (χ1n) is 6.92. The van der Waals surface area contributed by atoms with Gasteiger partial charge in [-0.3, -0.25) is 4.79 Å². The molecule has 0 aliphatic heterocycles. The Labute approximate surface area is 130 Å². The fourth-order valence-electron chi connectivity index (χ4n) is 1.66. The molecule has 1 rings (SSSR count). The normalized spacial score (nSPS) is 15.0. The monoisotopic (exact) mass is 306 g/mol. The molecule has 1 aromatic rings. The third-order valence-electron chi connectivity index (χ3n) is 3.48. The second-order valence-corrected chi connectivity index (χ2v) is 6.49. The van der Waals surface area contributed by atoms with Crippen molar-refractivity contribution in [3.63, 3.8) is 0 Å². The Morgan fingerprint density at radius 2 is 2.05 bits per heavy atom. The SMILES string of the molecule is CC(C)[C@](C)(C#N)NC(=O)CSC[C@@H](O)c1ccccc1. The summed E-state index contributed by atoms with van der Waals surface area (Å²) in [4.78, 5) is 11.9. The van der Waals surface area contributed by atoms with Crippen molar-refractivity contribution in [1.29, 1.82) is 5.26 Å². The van der Waals surface area contributed by atoms with Gasteiger partial charge >= 0.3 is 0 Å². The third-order valence-corrected chi connectivity index (χ3v) is 4.50. The van der Waals surface area contributed by atoms with Crippen LogP contribution >= 0.6 is 11.8 Å². The van der Waals surface area contributed by atoms with E-state index in [2.05, 4.69) is 11.4 Å². The Morgan fingerprint density at radius 1 is 1.43 bits per heavy atom. The summed E-state index contributed by atoms with van der Waals surface area (Å²) in [6.07, 6.45) is -0.587. The van der Waals surface area contributed by atoms with E-state index in [1.54, 1.807) is 6.92 Å². The fourth-order valence-corrected chi connectivity index (χ4v) is 2.45. The molecule has 0 spiro atoms. The minimum atomic E-state index is -0.851. The standard InChI is InChI=1S/C16H22N2O2S/c1-12(2)16(3,11-17)18-15(20)10-21-9-14(19)13-7-5-4-6-8-13/h4-8,12,14,19H,9-10H2,1-3H3,(H,18,20)/t14-,16+/m1/s1. The molecule has 0 saturated heterocycles. The lowest BCUT2D eigenvalue weighted by atomic mass is 9.90. The number of hydrogen-bond donors (Lipinski definition) is 2. The van der Waals surface area contributed by atoms with Crippen LogP contribution in [0.5, 0.6) is 0 Å². The van der Waals surface area contributed by atoms with Crippen LogP contribution in [0.1, 0.15) is 32.4 Å². The van der Waals surface area contributed by atoms with Crippen LogP contribution in [-0.2, 0) is 4.79 Å². The Bertz CT molecular complexity index is 499. The highest BCUT2D eigenvalue weighted by atomic mass is 32.2.